The molecule has 150 valence electrons. The van der Waals surface area contributed by atoms with E-state index in [0.29, 0.717) is 17.3 Å². The van der Waals surface area contributed by atoms with Gasteiger partial charge < -0.3 is 14.5 Å². The van der Waals surface area contributed by atoms with Crippen molar-refractivity contribution in [2.24, 2.45) is 0 Å². The first kappa shape index (κ1) is 20.5. The number of hydrogen-bond acceptors (Lipinski definition) is 6. The van der Waals surface area contributed by atoms with Gasteiger partial charge in [0.05, 0.1) is 7.11 Å². The number of amides is 1. The minimum absolute atomic E-state index is 0.166. The van der Waals surface area contributed by atoms with Gasteiger partial charge in [0.25, 0.3) is 0 Å². The quantitative estimate of drug-likeness (QED) is 0.562. The van der Waals surface area contributed by atoms with E-state index in [-0.39, 0.29) is 30.6 Å². The van der Waals surface area contributed by atoms with E-state index in [2.05, 4.69) is 20.3 Å². The Hall–Kier alpha value is -3.19. The number of methoxy groups -OCH3 is 1. The maximum atomic E-state index is 12.4. The van der Waals surface area contributed by atoms with Crippen molar-refractivity contribution in [3.05, 3.63) is 71.1 Å². The molecule has 0 fully saturated rings. The van der Waals surface area contributed by atoms with Gasteiger partial charge in [-0.15, -0.1) is 10.2 Å². The summed E-state index contributed by atoms with van der Waals surface area (Å²) in [5, 5.41) is 11.7. The van der Waals surface area contributed by atoms with Gasteiger partial charge in [0.1, 0.15) is 6.04 Å². The Bertz CT molecular complexity index is 958. The smallest absolute Gasteiger partial charge is 0.305 e. The van der Waals surface area contributed by atoms with E-state index < -0.39 is 6.04 Å². The van der Waals surface area contributed by atoms with Crippen LogP contribution < -0.4 is 5.32 Å². The average molecular weight is 414 g/mol. The van der Waals surface area contributed by atoms with Crippen LogP contribution in [0.5, 0.6) is 0 Å². The molecule has 3 rings (SSSR count). The van der Waals surface area contributed by atoms with Gasteiger partial charge in [0.15, 0.2) is 0 Å². The zero-order valence-electron chi connectivity index (χ0n) is 15.8. The number of rotatable bonds is 8. The molecule has 0 saturated heterocycles. The fourth-order valence-corrected chi connectivity index (χ4v) is 2.85. The van der Waals surface area contributed by atoms with E-state index in [1.54, 1.807) is 24.3 Å². The minimum Gasteiger partial charge on any atom is -0.469 e. The minimum atomic E-state index is -0.636. The Morgan fingerprint density at radius 1 is 1.07 bits per heavy atom. The van der Waals surface area contributed by atoms with Crippen LogP contribution in [0.2, 0.25) is 5.02 Å². The topological polar surface area (TPSA) is 94.3 Å². The molecule has 0 saturated carbocycles. The van der Waals surface area contributed by atoms with Gasteiger partial charge in [0, 0.05) is 23.4 Å². The Balaban J connectivity index is 1.79. The molecule has 8 heteroatoms. The molecule has 1 N–H and O–H groups in total. The number of benzene rings is 2. The zero-order valence-corrected chi connectivity index (χ0v) is 16.6. The van der Waals surface area contributed by atoms with Crippen LogP contribution >= 0.6 is 11.6 Å². The molecule has 1 unspecified atom stereocenters. The van der Waals surface area contributed by atoms with E-state index in [1.807, 2.05) is 30.3 Å². The van der Waals surface area contributed by atoms with Crippen LogP contribution in [-0.2, 0) is 14.3 Å². The Morgan fingerprint density at radius 2 is 1.79 bits per heavy atom. The van der Waals surface area contributed by atoms with E-state index in [0.717, 1.165) is 11.1 Å². The highest BCUT2D eigenvalue weighted by Crippen LogP contribution is 2.26. The van der Waals surface area contributed by atoms with Crippen LogP contribution in [-0.4, -0.2) is 29.2 Å². The molecule has 7 nitrogen and oxygen atoms in total. The molecule has 0 bridgehead atoms. The van der Waals surface area contributed by atoms with E-state index >= 15 is 0 Å². The van der Waals surface area contributed by atoms with Crippen LogP contribution in [0.3, 0.4) is 0 Å². The predicted octanol–water partition coefficient (Wildman–Crippen LogP) is 3.94. The maximum Gasteiger partial charge on any atom is 0.305 e. The number of ether oxygens (including phenoxy) is 1. The summed E-state index contributed by atoms with van der Waals surface area (Å²) in [6.07, 6.45) is 0.720. The van der Waals surface area contributed by atoms with Crippen molar-refractivity contribution in [2.75, 3.05) is 7.11 Å². The van der Waals surface area contributed by atoms with Crippen molar-refractivity contribution in [2.45, 2.75) is 25.3 Å². The van der Waals surface area contributed by atoms with Crippen molar-refractivity contribution < 1.29 is 18.7 Å². The molecule has 0 spiro atoms. The summed E-state index contributed by atoms with van der Waals surface area (Å²) in [7, 11) is 1.32. The van der Waals surface area contributed by atoms with E-state index in [9.17, 15) is 9.59 Å². The first-order valence-electron chi connectivity index (χ1n) is 9.07. The van der Waals surface area contributed by atoms with E-state index in [4.69, 9.17) is 16.0 Å². The molecule has 1 atom stereocenters. The van der Waals surface area contributed by atoms with Gasteiger partial charge in [-0.25, -0.2) is 0 Å². The number of carbonyl (C=O) groups excluding carboxylic acids is 2. The fraction of sp³-hybridized carbons (Fsp3) is 0.238. The lowest BCUT2D eigenvalue weighted by atomic mass is 10.1. The second kappa shape index (κ2) is 9.84. The summed E-state index contributed by atoms with van der Waals surface area (Å²) in [6, 6.07) is 15.7. The Morgan fingerprint density at radius 3 is 2.48 bits per heavy atom. The van der Waals surface area contributed by atoms with Crippen LogP contribution in [0.15, 0.2) is 59.0 Å². The highest BCUT2D eigenvalue weighted by atomic mass is 35.5. The largest absolute Gasteiger partial charge is 0.469 e. The van der Waals surface area contributed by atoms with Crippen LogP contribution in [0.1, 0.15) is 36.8 Å². The monoisotopic (exact) mass is 413 g/mol. The van der Waals surface area contributed by atoms with Crippen LogP contribution in [0, 0.1) is 0 Å². The lowest BCUT2D eigenvalue weighted by Gasteiger charge is -2.16. The number of halogens is 1. The lowest BCUT2D eigenvalue weighted by Crippen LogP contribution is -2.29. The normalized spacial score (nSPS) is 11.7. The van der Waals surface area contributed by atoms with Crippen LogP contribution in [0.4, 0.5) is 0 Å². The van der Waals surface area contributed by atoms with Crippen molar-refractivity contribution in [1.82, 2.24) is 15.5 Å². The average Bonchev–Trinajstić information content (AvgIpc) is 3.23. The van der Waals surface area contributed by atoms with Crippen molar-refractivity contribution in [3.63, 3.8) is 0 Å². The second-order valence-electron chi connectivity index (χ2n) is 6.29. The van der Waals surface area contributed by atoms with Gasteiger partial charge in [-0.05, 0) is 36.2 Å². The SMILES string of the molecule is COC(=O)CCCC(=O)NC(c1ccc(Cl)cc1)c1nnc(-c2ccccc2)o1. The molecule has 0 aliphatic rings. The third kappa shape index (κ3) is 5.65. The summed E-state index contributed by atoms with van der Waals surface area (Å²) in [5.41, 5.74) is 1.53. The Kier molecular flexibility index (Phi) is 6.97. The molecule has 0 radical (unpaired) electrons. The molecule has 0 aliphatic heterocycles. The molecular formula is C21H20ClN3O4. The molecule has 3 aromatic rings. The van der Waals surface area contributed by atoms with Crippen LogP contribution in [0.25, 0.3) is 11.5 Å². The summed E-state index contributed by atoms with van der Waals surface area (Å²) >= 11 is 5.98. The number of nitrogens with one attached hydrogen (secondary N) is 1. The fourth-order valence-electron chi connectivity index (χ4n) is 2.72. The van der Waals surface area contributed by atoms with Gasteiger partial charge in [-0.3, -0.25) is 9.59 Å². The summed E-state index contributed by atoms with van der Waals surface area (Å²) in [6.45, 7) is 0. The third-order valence-corrected chi connectivity index (χ3v) is 4.48. The van der Waals surface area contributed by atoms with E-state index in [1.165, 1.54) is 7.11 Å². The summed E-state index contributed by atoms with van der Waals surface area (Å²) < 4.78 is 10.4. The second-order valence-corrected chi connectivity index (χ2v) is 6.73. The summed E-state index contributed by atoms with van der Waals surface area (Å²) in [5.74, 6) is 0.0248. The van der Waals surface area contributed by atoms with Crippen molar-refractivity contribution >= 4 is 23.5 Å². The molecular weight excluding hydrogens is 394 g/mol. The first-order valence-corrected chi connectivity index (χ1v) is 9.45. The molecule has 0 aliphatic carbocycles. The van der Waals surface area contributed by atoms with Crippen molar-refractivity contribution in [1.29, 1.82) is 0 Å². The van der Waals surface area contributed by atoms with Crippen molar-refractivity contribution in [3.8, 4) is 11.5 Å². The Labute approximate surface area is 173 Å². The molecule has 29 heavy (non-hydrogen) atoms. The van der Waals surface area contributed by atoms with Gasteiger partial charge >= 0.3 is 5.97 Å². The van der Waals surface area contributed by atoms with Gasteiger partial charge in [-0.2, -0.15) is 0 Å². The predicted molar refractivity (Wildman–Crippen MR) is 107 cm³/mol. The number of carbonyl (C=O) groups is 2. The zero-order chi connectivity index (χ0) is 20.6. The highest BCUT2D eigenvalue weighted by Gasteiger charge is 2.23. The standard InChI is InChI=1S/C21H20ClN3O4/c1-28-18(27)9-5-8-17(26)23-19(14-10-12-16(22)13-11-14)21-25-24-20(29-21)15-6-3-2-4-7-15/h2-4,6-7,10-13,19H,5,8-9H2,1H3,(H,23,26). The molecule has 1 amide bonds. The highest BCUT2D eigenvalue weighted by molar-refractivity contribution is 6.30. The summed E-state index contributed by atoms with van der Waals surface area (Å²) in [4.78, 5) is 23.7. The molecule has 1 aromatic heterocycles. The van der Waals surface area contributed by atoms with Gasteiger partial charge in [0.2, 0.25) is 17.7 Å². The first-order chi connectivity index (χ1) is 14.1. The third-order valence-electron chi connectivity index (χ3n) is 4.23. The number of hydrogen-bond donors (Lipinski definition) is 1. The number of esters is 1. The number of aromatic nitrogens is 2. The molecule has 1 heterocycles. The number of nitrogens with zero attached hydrogens (tertiary/aromatic N) is 2. The van der Waals surface area contributed by atoms with Gasteiger partial charge in [-0.1, -0.05) is 41.9 Å². The lowest BCUT2D eigenvalue weighted by molar-refractivity contribution is -0.140. The maximum absolute atomic E-state index is 12.4. The molecule has 2 aromatic carbocycles.